The van der Waals surface area contributed by atoms with E-state index in [9.17, 15) is 18.3 Å². The van der Waals surface area contributed by atoms with Gasteiger partial charge in [-0.25, -0.2) is 9.97 Å². The number of piperidine rings is 1. The van der Waals surface area contributed by atoms with Crippen molar-refractivity contribution < 1.29 is 18.3 Å². The number of aliphatic hydroxyl groups is 1. The summed E-state index contributed by atoms with van der Waals surface area (Å²) in [5, 5.41) is 14.5. The number of anilines is 1. The second-order valence-corrected chi connectivity index (χ2v) is 6.51. The molecule has 4 N–H and O–H groups in total. The molecule has 0 amide bonds. The fraction of sp³-hybridized carbons (Fsp3) is 0.412. The van der Waals surface area contributed by atoms with Gasteiger partial charge in [-0.2, -0.15) is 13.2 Å². The third-order valence-electron chi connectivity index (χ3n) is 4.52. The minimum Gasteiger partial charge on any atom is -0.385 e. The van der Waals surface area contributed by atoms with E-state index in [0.29, 0.717) is 18.4 Å². The van der Waals surface area contributed by atoms with Gasteiger partial charge in [0.05, 0.1) is 11.2 Å². The lowest BCUT2D eigenvalue weighted by atomic mass is 9.77. The van der Waals surface area contributed by atoms with Crippen molar-refractivity contribution in [2.24, 2.45) is 0 Å². The molecule has 0 radical (unpaired) electrons. The third kappa shape index (κ3) is 3.74. The third-order valence-corrected chi connectivity index (χ3v) is 4.52. The first-order chi connectivity index (χ1) is 11.7. The van der Waals surface area contributed by atoms with Gasteiger partial charge in [-0.05, 0) is 37.5 Å². The van der Waals surface area contributed by atoms with Crippen molar-refractivity contribution in [3.63, 3.8) is 0 Å². The van der Waals surface area contributed by atoms with Crippen LogP contribution in [0.1, 0.15) is 42.5 Å². The van der Waals surface area contributed by atoms with Crippen molar-refractivity contribution >= 4 is 5.95 Å². The van der Waals surface area contributed by atoms with Gasteiger partial charge in [0.15, 0.2) is 0 Å². The fourth-order valence-corrected chi connectivity index (χ4v) is 3.34. The summed E-state index contributed by atoms with van der Waals surface area (Å²) >= 11 is 0. The molecule has 1 fully saturated rings. The normalized spacial score (nSPS) is 27.2. The van der Waals surface area contributed by atoms with E-state index in [4.69, 9.17) is 5.73 Å². The van der Waals surface area contributed by atoms with Gasteiger partial charge < -0.3 is 16.2 Å². The smallest absolute Gasteiger partial charge is 0.385 e. The highest BCUT2D eigenvalue weighted by atomic mass is 19.4. The molecule has 0 saturated carbocycles. The SMILES string of the molecule is C[C@H]1CC(O)(c2ccc(C(F)(F)F)cc2)C[C@@H](c2cnc(N)nc2)N1. The van der Waals surface area contributed by atoms with Crippen molar-refractivity contribution in [3.8, 4) is 0 Å². The number of hydrogen-bond acceptors (Lipinski definition) is 5. The molecule has 0 bridgehead atoms. The highest BCUT2D eigenvalue weighted by molar-refractivity contribution is 5.31. The second kappa shape index (κ2) is 6.27. The van der Waals surface area contributed by atoms with E-state index in [1.165, 1.54) is 12.1 Å². The van der Waals surface area contributed by atoms with Crippen molar-refractivity contribution in [2.75, 3.05) is 5.73 Å². The van der Waals surface area contributed by atoms with Crippen LogP contribution in [0.25, 0.3) is 0 Å². The number of rotatable bonds is 2. The second-order valence-electron chi connectivity index (χ2n) is 6.51. The largest absolute Gasteiger partial charge is 0.416 e. The van der Waals surface area contributed by atoms with E-state index in [1.54, 1.807) is 12.4 Å². The van der Waals surface area contributed by atoms with Crippen LogP contribution in [0.5, 0.6) is 0 Å². The summed E-state index contributed by atoms with van der Waals surface area (Å²) in [6.45, 7) is 1.92. The predicted molar refractivity (Wildman–Crippen MR) is 86.4 cm³/mol. The molecule has 0 aliphatic carbocycles. The monoisotopic (exact) mass is 352 g/mol. The van der Waals surface area contributed by atoms with Crippen LogP contribution in [0.2, 0.25) is 0 Å². The van der Waals surface area contributed by atoms with Gasteiger partial charge in [0.1, 0.15) is 0 Å². The minimum absolute atomic E-state index is 0.0383. The van der Waals surface area contributed by atoms with Gasteiger partial charge in [-0.1, -0.05) is 12.1 Å². The van der Waals surface area contributed by atoms with Gasteiger partial charge in [0, 0.05) is 30.0 Å². The van der Waals surface area contributed by atoms with Gasteiger partial charge in [0.2, 0.25) is 5.95 Å². The zero-order valence-electron chi connectivity index (χ0n) is 13.6. The molecule has 25 heavy (non-hydrogen) atoms. The number of benzene rings is 1. The van der Waals surface area contributed by atoms with E-state index >= 15 is 0 Å². The quantitative estimate of drug-likeness (QED) is 0.774. The lowest BCUT2D eigenvalue weighted by Gasteiger charge is -2.41. The van der Waals surface area contributed by atoms with Gasteiger partial charge in [-0.15, -0.1) is 0 Å². The number of alkyl halides is 3. The summed E-state index contributed by atoms with van der Waals surface area (Å²) in [6.07, 6.45) is -0.524. The zero-order valence-corrected chi connectivity index (χ0v) is 13.6. The molecule has 2 aromatic rings. The average Bonchev–Trinajstić information content (AvgIpc) is 2.54. The zero-order chi connectivity index (χ0) is 18.2. The molecule has 1 aliphatic heterocycles. The van der Waals surface area contributed by atoms with Crippen molar-refractivity contribution in [1.29, 1.82) is 0 Å². The van der Waals surface area contributed by atoms with Crippen LogP contribution in [0.4, 0.5) is 19.1 Å². The van der Waals surface area contributed by atoms with Gasteiger partial charge in [0.25, 0.3) is 0 Å². The van der Waals surface area contributed by atoms with E-state index in [-0.39, 0.29) is 18.0 Å². The Kier molecular flexibility index (Phi) is 4.42. The fourth-order valence-electron chi connectivity index (χ4n) is 3.34. The highest BCUT2D eigenvalue weighted by Gasteiger charge is 2.40. The Hall–Kier alpha value is -2.19. The number of aromatic nitrogens is 2. The summed E-state index contributed by atoms with van der Waals surface area (Å²) in [6, 6.07) is 4.43. The Morgan fingerprint density at radius 3 is 2.32 bits per heavy atom. The van der Waals surface area contributed by atoms with E-state index in [2.05, 4.69) is 15.3 Å². The van der Waals surface area contributed by atoms with Gasteiger partial charge in [-0.3, -0.25) is 0 Å². The van der Waals surface area contributed by atoms with Crippen molar-refractivity contribution in [2.45, 2.75) is 43.6 Å². The van der Waals surface area contributed by atoms with Crippen molar-refractivity contribution in [3.05, 3.63) is 53.3 Å². The average molecular weight is 352 g/mol. The summed E-state index contributed by atoms with van der Waals surface area (Å²) in [5.74, 6) is 0.158. The molecule has 3 rings (SSSR count). The molecule has 1 aromatic heterocycles. The highest BCUT2D eigenvalue weighted by Crippen LogP contribution is 2.40. The molecule has 1 saturated heterocycles. The summed E-state index contributed by atoms with van der Waals surface area (Å²) in [4.78, 5) is 7.92. The number of nitrogens with zero attached hydrogens (tertiary/aromatic N) is 2. The minimum atomic E-state index is -4.40. The number of halogens is 3. The summed E-state index contributed by atoms with van der Waals surface area (Å²) in [5.41, 5.74) is 4.76. The van der Waals surface area contributed by atoms with Crippen LogP contribution in [-0.2, 0) is 11.8 Å². The maximum Gasteiger partial charge on any atom is 0.416 e. The molecule has 1 unspecified atom stereocenters. The standard InChI is InChI=1S/C17H19F3N4O/c1-10-6-16(25,12-2-4-13(5-3-12)17(18,19)20)7-14(24-10)11-8-22-15(21)23-9-11/h2-5,8-10,14,24-25H,6-7H2,1H3,(H2,21,22,23)/t10-,14-,16?/m0/s1. The molecule has 8 heteroatoms. The van der Waals surface area contributed by atoms with Crippen molar-refractivity contribution in [1.82, 2.24) is 15.3 Å². The lowest BCUT2D eigenvalue weighted by Crippen LogP contribution is -2.46. The molecule has 5 nitrogen and oxygen atoms in total. The maximum absolute atomic E-state index is 12.7. The molecule has 2 heterocycles. The van der Waals surface area contributed by atoms with E-state index < -0.39 is 17.3 Å². The first kappa shape index (κ1) is 17.6. The van der Waals surface area contributed by atoms with Crippen LogP contribution in [0, 0.1) is 0 Å². The predicted octanol–water partition coefficient (Wildman–Crippen LogP) is 2.78. The van der Waals surface area contributed by atoms with E-state index in [1.807, 2.05) is 6.92 Å². The molecule has 1 aliphatic rings. The number of hydrogen-bond donors (Lipinski definition) is 3. The Morgan fingerprint density at radius 1 is 1.16 bits per heavy atom. The molecule has 134 valence electrons. The first-order valence-corrected chi connectivity index (χ1v) is 7.91. The number of nitrogens with two attached hydrogens (primary N) is 1. The van der Waals surface area contributed by atoms with Crippen LogP contribution in [-0.4, -0.2) is 21.1 Å². The summed E-state index contributed by atoms with van der Waals surface area (Å²) < 4.78 is 38.2. The van der Waals surface area contributed by atoms with E-state index in [0.717, 1.165) is 17.7 Å². The number of nitrogen functional groups attached to an aromatic ring is 1. The first-order valence-electron chi connectivity index (χ1n) is 7.91. The Balaban J connectivity index is 1.87. The Morgan fingerprint density at radius 2 is 1.76 bits per heavy atom. The summed E-state index contributed by atoms with van der Waals surface area (Å²) in [7, 11) is 0. The lowest BCUT2D eigenvalue weighted by molar-refractivity contribution is -0.137. The van der Waals surface area contributed by atoms with Crippen LogP contribution in [0.15, 0.2) is 36.7 Å². The number of nitrogens with one attached hydrogen (secondary N) is 1. The molecule has 0 spiro atoms. The molecule has 3 atom stereocenters. The van der Waals surface area contributed by atoms with Crippen LogP contribution < -0.4 is 11.1 Å². The molecule has 1 aromatic carbocycles. The van der Waals surface area contributed by atoms with Crippen LogP contribution in [0.3, 0.4) is 0 Å². The Labute approximate surface area is 143 Å². The molecular formula is C17H19F3N4O. The van der Waals surface area contributed by atoms with Gasteiger partial charge >= 0.3 is 6.18 Å². The Bertz CT molecular complexity index is 733. The topological polar surface area (TPSA) is 84.1 Å². The maximum atomic E-state index is 12.7. The van der Waals surface area contributed by atoms with Crippen LogP contribution >= 0.6 is 0 Å². The molecular weight excluding hydrogens is 333 g/mol.